The summed E-state index contributed by atoms with van der Waals surface area (Å²) in [6.45, 7) is 0. The number of hydrogen-bond acceptors (Lipinski definition) is 3. The first-order valence-corrected chi connectivity index (χ1v) is 15.0. The highest BCUT2D eigenvalue weighted by molar-refractivity contribution is 6.68. The molecule has 0 fully saturated rings. The number of halogens is 1. The second-order valence-corrected chi connectivity index (χ2v) is 11.7. The van der Waals surface area contributed by atoms with Gasteiger partial charge in [-0.25, -0.2) is 4.98 Å². The Labute approximate surface area is 277 Å². The monoisotopic (exact) mass is 593 g/mol. The summed E-state index contributed by atoms with van der Waals surface area (Å²) in [5, 5.41) is 9.06. The van der Waals surface area contributed by atoms with E-state index in [4.69, 9.17) is 55.8 Å². The Hall–Kier alpha value is -4.80. The minimum Gasteiger partial charge on any atom is -0.208 e. The number of rotatable bonds is 3. The van der Waals surface area contributed by atoms with Gasteiger partial charge in [0.25, 0.3) is 0 Å². The third kappa shape index (κ3) is 4.63. The molecule has 10 radical (unpaired) electrons. The van der Waals surface area contributed by atoms with Crippen molar-refractivity contribution in [2.24, 2.45) is 0 Å². The maximum absolute atomic E-state index is 6.49. The summed E-state index contributed by atoms with van der Waals surface area (Å²) < 4.78 is 0. The van der Waals surface area contributed by atoms with E-state index in [0.29, 0.717) is 28.1 Å². The highest BCUT2D eigenvalue weighted by Crippen LogP contribution is 2.34. The van der Waals surface area contributed by atoms with Gasteiger partial charge in [-0.15, -0.1) is 16.4 Å². The number of nitrogens with zero attached hydrogens (tertiary/aromatic N) is 3. The van der Waals surface area contributed by atoms with E-state index < -0.39 is 0 Å². The summed E-state index contributed by atoms with van der Waals surface area (Å²) in [5.41, 5.74) is 4.18. The van der Waals surface area contributed by atoms with Crippen LogP contribution in [-0.4, -0.2) is 54.2 Å². The molecule has 0 saturated carbocycles. The average molecular weight is 593 g/mol. The van der Waals surface area contributed by atoms with Gasteiger partial charge in [-0.1, -0.05) is 95.9 Å². The van der Waals surface area contributed by atoms with Crippen LogP contribution in [0.4, 0.5) is 0 Å². The third-order valence-electron chi connectivity index (χ3n) is 8.70. The van der Waals surface area contributed by atoms with Gasteiger partial charge in [0.05, 0.1) is 0 Å². The number of aromatic nitrogens is 3. The van der Waals surface area contributed by atoms with Gasteiger partial charge in [-0.2, -0.15) is 9.97 Å². The average Bonchev–Trinajstić information content (AvgIpc) is 3.09. The summed E-state index contributed by atoms with van der Waals surface area (Å²) in [6.07, 6.45) is 0. The summed E-state index contributed by atoms with van der Waals surface area (Å²) in [5.74, 6) is 0.965. The van der Waals surface area contributed by atoms with Crippen molar-refractivity contribution in [3.8, 4) is 33.9 Å². The molecule has 0 aliphatic rings. The molecule has 1 heterocycles. The highest BCUT2D eigenvalue weighted by Gasteiger charge is 2.15. The summed E-state index contributed by atoms with van der Waals surface area (Å²) in [6, 6.07) is 35.1. The molecule has 0 aliphatic carbocycles. The zero-order valence-electron chi connectivity index (χ0n) is 24.4. The Balaban J connectivity index is 1.20. The Bertz CT molecular complexity index is 2540. The fourth-order valence-electron chi connectivity index (χ4n) is 6.27. The highest BCUT2D eigenvalue weighted by atomic mass is 35.5. The van der Waals surface area contributed by atoms with Crippen LogP contribution in [0.25, 0.3) is 77.0 Å². The second kappa shape index (κ2) is 10.9. The Morgan fingerprint density at radius 3 is 1.54 bits per heavy atom. The topological polar surface area (TPSA) is 38.7 Å². The smallest absolute Gasteiger partial charge is 0.208 e. The molecule has 0 unspecified atom stereocenters. The zero-order valence-corrected chi connectivity index (χ0v) is 25.2. The van der Waals surface area contributed by atoms with Crippen molar-refractivity contribution in [3.05, 3.63) is 108 Å². The van der Waals surface area contributed by atoms with Crippen molar-refractivity contribution >= 4 is 121 Å². The largest absolute Gasteiger partial charge is 0.226 e. The van der Waals surface area contributed by atoms with Crippen LogP contribution >= 0.6 is 11.6 Å². The Morgan fingerprint density at radius 2 is 0.870 bits per heavy atom. The molecule has 0 saturated heterocycles. The van der Waals surface area contributed by atoms with Crippen molar-refractivity contribution in [2.45, 2.75) is 0 Å². The second-order valence-electron chi connectivity index (χ2n) is 11.4. The Kier molecular flexibility index (Phi) is 6.81. The van der Waals surface area contributed by atoms with Crippen LogP contribution in [0.1, 0.15) is 0 Å². The van der Waals surface area contributed by atoms with Gasteiger partial charge in [0.2, 0.25) is 5.28 Å². The van der Waals surface area contributed by atoms with Crippen molar-refractivity contribution in [1.29, 1.82) is 0 Å². The summed E-state index contributed by atoms with van der Waals surface area (Å²) in [7, 11) is 30.8. The Morgan fingerprint density at radius 1 is 0.391 bits per heavy atom. The van der Waals surface area contributed by atoms with Gasteiger partial charge in [0, 0.05) is 11.1 Å². The van der Waals surface area contributed by atoms with Crippen molar-refractivity contribution in [1.82, 2.24) is 15.0 Å². The van der Waals surface area contributed by atoms with E-state index in [1.165, 1.54) is 21.5 Å². The first-order valence-electron chi connectivity index (χ1n) is 14.6. The number of fused-ring (bicyclic) bond motifs is 6. The molecule has 9 heteroatoms. The minimum atomic E-state index is 0.115. The molecule has 3 nitrogen and oxygen atoms in total. The van der Waals surface area contributed by atoms with E-state index in [0.717, 1.165) is 38.2 Å². The molecular formula is C37H17B5ClN3. The summed E-state index contributed by atoms with van der Waals surface area (Å²) in [4.78, 5) is 13.8. The molecule has 0 N–H and O–H groups in total. The van der Waals surface area contributed by atoms with Gasteiger partial charge in [0.15, 0.2) is 11.6 Å². The standard InChI is InChI=1S/C37H17B5ClN3/c38-30-29(31(39)33(41)34(42)32(30)40)22-8-6-21-16-23(10-7-20(21)15-22)35-44-36(46-37(43)45-35)24-9-5-19-12-13-26-25-4-2-1-3-18(25)11-14-27(26)28(19)17-24/h1-17H. The summed E-state index contributed by atoms with van der Waals surface area (Å²) >= 11 is 6.49. The molecule has 46 heavy (non-hydrogen) atoms. The maximum Gasteiger partial charge on any atom is 0.226 e. The molecule has 0 bridgehead atoms. The number of benzene rings is 7. The van der Waals surface area contributed by atoms with Crippen LogP contribution in [0.3, 0.4) is 0 Å². The zero-order chi connectivity index (χ0) is 31.7. The molecular weight excluding hydrogens is 576 g/mol. The van der Waals surface area contributed by atoms with E-state index in [9.17, 15) is 0 Å². The molecule has 7 aromatic carbocycles. The van der Waals surface area contributed by atoms with Crippen LogP contribution in [0.2, 0.25) is 5.28 Å². The molecule has 1 aromatic heterocycles. The predicted molar refractivity (Wildman–Crippen MR) is 198 cm³/mol. The lowest BCUT2D eigenvalue weighted by Crippen LogP contribution is -2.55. The molecule has 0 atom stereocenters. The van der Waals surface area contributed by atoms with E-state index >= 15 is 0 Å². The number of hydrogen-bond donors (Lipinski definition) is 0. The van der Waals surface area contributed by atoms with Crippen LogP contribution < -0.4 is 27.3 Å². The van der Waals surface area contributed by atoms with Crippen molar-refractivity contribution in [2.75, 3.05) is 0 Å². The lowest BCUT2D eigenvalue weighted by molar-refractivity contribution is 1.07. The lowest BCUT2D eigenvalue weighted by Gasteiger charge is -2.21. The van der Waals surface area contributed by atoms with Crippen LogP contribution in [0, 0.1) is 0 Å². The molecule has 202 valence electrons. The maximum atomic E-state index is 6.49. The van der Waals surface area contributed by atoms with Gasteiger partial charge < -0.3 is 0 Å². The fraction of sp³-hybridized carbons (Fsp3) is 0. The fourth-order valence-corrected chi connectivity index (χ4v) is 6.43. The van der Waals surface area contributed by atoms with Crippen LogP contribution in [-0.2, 0) is 0 Å². The van der Waals surface area contributed by atoms with Crippen LogP contribution in [0.15, 0.2) is 103 Å². The SMILES string of the molecule is [B]c1c([B])c([B])c(-c2ccc3cc(-c4nc(Cl)nc(-c5ccc6ccc7c8ccccc8ccc7c6c5)n4)ccc3c2)c([B])c1[B]. The molecule has 8 rings (SSSR count). The molecule has 8 aromatic rings. The van der Waals surface area contributed by atoms with Gasteiger partial charge in [-0.05, 0) is 84.0 Å². The van der Waals surface area contributed by atoms with E-state index in [1.54, 1.807) is 0 Å². The van der Waals surface area contributed by atoms with Crippen molar-refractivity contribution in [3.63, 3.8) is 0 Å². The first kappa shape index (κ1) is 28.7. The predicted octanol–water partition coefficient (Wildman–Crippen LogP) is 4.11. The van der Waals surface area contributed by atoms with Gasteiger partial charge in [0.1, 0.15) is 39.2 Å². The van der Waals surface area contributed by atoms with E-state index in [-0.39, 0.29) is 21.7 Å². The lowest BCUT2D eigenvalue weighted by atomic mass is 9.59. The molecule has 0 aliphatic heterocycles. The van der Waals surface area contributed by atoms with E-state index in [1.807, 2.05) is 42.5 Å². The normalized spacial score (nSPS) is 11.6. The minimum absolute atomic E-state index is 0.115. The quantitative estimate of drug-likeness (QED) is 0.229. The molecule has 0 spiro atoms. The third-order valence-corrected chi connectivity index (χ3v) is 8.87. The molecule has 0 amide bonds. The van der Waals surface area contributed by atoms with Crippen LogP contribution in [0.5, 0.6) is 0 Å². The van der Waals surface area contributed by atoms with Gasteiger partial charge >= 0.3 is 0 Å². The first-order chi connectivity index (χ1) is 22.3. The van der Waals surface area contributed by atoms with E-state index in [2.05, 4.69) is 70.6 Å². The van der Waals surface area contributed by atoms with Crippen molar-refractivity contribution < 1.29 is 0 Å². The van der Waals surface area contributed by atoms with Gasteiger partial charge in [-0.3, -0.25) is 0 Å².